The second-order valence-electron chi connectivity index (χ2n) is 8.18. The van der Waals surface area contributed by atoms with Crippen molar-refractivity contribution in [2.24, 2.45) is 0 Å². The van der Waals surface area contributed by atoms with Crippen molar-refractivity contribution in [3.8, 4) is 0 Å². The molecule has 1 aromatic rings. The maximum Gasteiger partial charge on any atom is 0.379 e. The molecule has 0 aliphatic heterocycles. The summed E-state index contributed by atoms with van der Waals surface area (Å²) in [6.07, 6.45) is 4.86. The van der Waals surface area contributed by atoms with Gasteiger partial charge in [-0.1, -0.05) is 56.5 Å². The van der Waals surface area contributed by atoms with Gasteiger partial charge in [-0.25, -0.2) is 4.79 Å². The molecule has 0 aromatic heterocycles. The zero-order valence-electron chi connectivity index (χ0n) is 22.9. The lowest BCUT2D eigenvalue weighted by Crippen LogP contribution is -2.20. The maximum atomic E-state index is 11.8. The zero-order valence-corrected chi connectivity index (χ0v) is 22.9. The van der Waals surface area contributed by atoms with E-state index in [0.29, 0.717) is 84.8 Å². The van der Waals surface area contributed by atoms with E-state index < -0.39 is 11.8 Å². The summed E-state index contributed by atoms with van der Waals surface area (Å²) in [5.41, 5.74) is 0.302. The number of Topliss-reactive ketones (excluding diaryl/α,β-unsaturated/α-hetero) is 1. The molecule has 0 spiro atoms. The minimum Gasteiger partial charge on any atom is -0.457 e. The Bertz CT molecular complexity index is 671. The zero-order chi connectivity index (χ0) is 27.4. The van der Waals surface area contributed by atoms with E-state index in [2.05, 4.69) is 6.92 Å². The standard InChI is InChI=1S/C28H46O10/c1-2-3-4-8-11-31-12-13-32-14-15-33-16-17-34-18-19-35-20-21-36-22-23-37-24-25-38-28(30)27(29)26-9-6-5-7-10-26/h5-7,9-10H,2-4,8,11-25H2,1H3. The Balaban J connectivity index is 1.71. The summed E-state index contributed by atoms with van der Waals surface area (Å²) >= 11 is 0. The van der Waals surface area contributed by atoms with E-state index in [1.807, 2.05) is 0 Å². The Kier molecular flexibility index (Phi) is 23.9. The number of benzene rings is 1. The number of carbonyl (C=O) groups excluding carboxylic acids is 2. The molecule has 0 amide bonds. The van der Waals surface area contributed by atoms with Crippen LogP contribution in [0.4, 0.5) is 0 Å². The van der Waals surface area contributed by atoms with Gasteiger partial charge in [-0.2, -0.15) is 0 Å². The van der Waals surface area contributed by atoms with E-state index in [1.165, 1.54) is 19.3 Å². The van der Waals surface area contributed by atoms with Gasteiger partial charge in [0.1, 0.15) is 6.61 Å². The molecule has 10 nitrogen and oxygen atoms in total. The fraction of sp³-hybridized carbons (Fsp3) is 0.714. The molecule has 0 saturated carbocycles. The molecule has 0 saturated heterocycles. The molecule has 0 aliphatic carbocycles. The van der Waals surface area contributed by atoms with E-state index in [9.17, 15) is 9.59 Å². The highest BCUT2D eigenvalue weighted by molar-refractivity contribution is 6.40. The van der Waals surface area contributed by atoms with Gasteiger partial charge >= 0.3 is 5.97 Å². The second kappa shape index (κ2) is 26.7. The van der Waals surface area contributed by atoms with Gasteiger partial charge in [-0.15, -0.1) is 0 Å². The quantitative estimate of drug-likeness (QED) is 0.0678. The van der Waals surface area contributed by atoms with Gasteiger partial charge in [0.15, 0.2) is 0 Å². The van der Waals surface area contributed by atoms with Gasteiger partial charge in [0.2, 0.25) is 0 Å². The number of hydrogen-bond donors (Lipinski definition) is 0. The molecule has 0 bridgehead atoms. The summed E-state index contributed by atoms with van der Waals surface area (Å²) in [5.74, 6) is -1.56. The van der Waals surface area contributed by atoms with E-state index in [0.717, 1.165) is 13.0 Å². The monoisotopic (exact) mass is 542 g/mol. The largest absolute Gasteiger partial charge is 0.457 e. The van der Waals surface area contributed by atoms with Crippen LogP contribution < -0.4 is 0 Å². The maximum absolute atomic E-state index is 11.8. The number of hydrogen-bond acceptors (Lipinski definition) is 10. The SMILES string of the molecule is CCCCCCOCCOCCOCCOCCOCCOCCOCCOC(=O)C(=O)c1ccccc1. The predicted octanol–water partition coefficient (Wildman–Crippen LogP) is 3.11. The van der Waals surface area contributed by atoms with Crippen LogP contribution in [0, 0.1) is 0 Å². The Labute approximate surface area is 227 Å². The average Bonchev–Trinajstić information content (AvgIpc) is 2.94. The third-order valence-electron chi connectivity index (χ3n) is 5.06. The van der Waals surface area contributed by atoms with Gasteiger partial charge in [-0.3, -0.25) is 4.79 Å². The van der Waals surface area contributed by atoms with Crippen molar-refractivity contribution in [2.45, 2.75) is 32.6 Å². The molecule has 0 radical (unpaired) electrons. The van der Waals surface area contributed by atoms with Gasteiger partial charge in [-0.05, 0) is 6.42 Å². The second-order valence-corrected chi connectivity index (χ2v) is 8.18. The Morgan fingerprint density at radius 3 is 1.32 bits per heavy atom. The van der Waals surface area contributed by atoms with Crippen LogP contribution in [0.3, 0.4) is 0 Å². The number of ketones is 1. The molecule has 0 aliphatic rings. The minimum atomic E-state index is -0.889. The van der Waals surface area contributed by atoms with Gasteiger partial charge in [0.25, 0.3) is 5.78 Å². The van der Waals surface area contributed by atoms with Crippen molar-refractivity contribution < 1.29 is 47.5 Å². The first-order chi connectivity index (χ1) is 18.8. The molecule has 0 unspecified atom stereocenters. The molecular weight excluding hydrogens is 496 g/mol. The number of ether oxygens (including phenoxy) is 8. The van der Waals surface area contributed by atoms with Crippen molar-refractivity contribution in [3.05, 3.63) is 35.9 Å². The van der Waals surface area contributed by atoms with Gasteiger partial charge in [0.05, 0.1) is 85.9 Å². The first-order valence-corrected chi connectivity index (χ1v) is 13.6. The molecule has 10 heteroatoms. The van der Waals surface area contributed by atoms with Crippen molar-refractivity contribution in [1.29, 1.82) is 0 Å². The fourth-order valence-corrected chi connectivity index (χ4v) is 3.02. The van der Waals surface area contributed by atoms with Gasteiger partial charge in [0, 0.05) is 12.2 Å². The molecular formula is C28H46O10. The first-order valence-electron chi connectivity index (χ1n) is 13.6. The number of unbranched alkanes of at least 4 members (excludes halogenated alkanes) is 3. The molecule has 0 heterocycles. The van der Waals surface area contributed by atoms with E-state index in [1.54, 1.807) is 30.3 Å². The van der Waals surface area contributed by atoms with Crippen molar-refractivity contribution in [2.75, 3.05) is 99.1 Å². The van der Waals surface area contributed by atoms with Crippen LogP contribution in [0.25, 0.3) is 0 Å². The summed E-state index contributed by atoms with van der Waals surface area (Å²) in [4.78, 5) is 23.5. The highest BCUT2D eigenvalue weighted by atomic mass is 16.6. The van der Waals surface area contributed by atoms with Crippen LogP contribution >= 0.6 is 0 Å². The summed E-state index contributed by atoms with van der Waals surface area (Å²) in [7, 11) is 0. The van der Waals surface area contributed by atoms with E-state index in [4.69, 9.17) is 37.9 Å². The molecule has 218 valence electrons. The lowest BCUT2D eigenvalue weighted by atomic mass is 10.1. The summed E-state index contributed by atoms with van der Waals surface area (Å²) < 4.78 is 42.9. The normalized spacial score (nSPS) is 11.1. The third-order valence-corrected chi connectivity index (χ3v) is 5.06. The van der Waals surface area contributed by atoms with Crippen molar-refractivity contribution in [3.63, 3.8) is 0 Å². The lowest BCUT2D eigenvalue weighted by molar-refractivity contribution is -0.139. The van der Waals surface area contributed by atoms with Crippen LogP contribution in [0.5, 0.6) is 0 Å². The summed E-state index contributed by atoms with van der Waals surface area (Å²) in [5, 5.41) is 0. The number of carbonyl (C=O) groups is 2. The Morgan fingerprint density at radius 2 is 0.895 bits per heavy atom. The number of rotatable bonds is 28. The van der Waals surface area contributed by atoms with Gasteiger partial charge < -0.3 is 37.9 Å². The van der Waals surface area contributed by atoms with Crippen LogP contribution in [-0.4, -0.2) is 111 Å². The molecule has 0 N–H and O–H groups in total. The number of esters is 1. The smallest absolute Gasteiger partial charge is 0.379 e. The highest BCUT2D eigenvalue weighted by Crippen LogP contribution is 2.01. The van der Waals surface area contributed by atoms with E-state index in [-0.39, 0.29) is 13.2 Å². The van der Waals surface area contributed by atoms with Crippen LogP contribution in [0.1, 0.15) is 43.0 Å². The van der Waals surface area contributed by atoms with Crippen LogP contribution in [-0.2, 0) is 42.7 Å². The van der Waals surface area contributed by atoms with Crippen molar-refractivity contribution in [1.82, 2.24) is 0 Å². The molecule has 38 heavy (non-hydrogen) atoms. The molecule has 1 aromatic carbocycles. The van der Waals surface area contributed by atoms with Crippen molar-refractivity contribution >= 4 is 11.8 Å². The highest BCUT2D eigenvalue weighted by Gasteiger charge is 2.17. The molecule has 0 fully saturated rings. The predicted molar refractivity (Wildman–Crippen MR) is 142 cm³/mol. The molecule has 0 atom stereocenters. The summed E-state index contributed by atoms with van der Waals surface area (Å²) in [6.45, 7) is 9.17. The third kappa shape index (κ3) is 21.1. The topological polar surface area (TPSA) is 108 Å². The Morgan fingerprint density at radius 1 is 0.500 bits per heavy atom. The van der Waals surface area contributed by atoms with E-state index >= 15 is 0 Å². The lowest BCUT2D eigenvalue weighted by Gasteiger charge is -2.08. The van der Waals surface area contributed by atoms with Crippen LogP contribution in [0.2, 0.25) is 0 Å². The Hall–Kier alpha value is -1.92. The van der Waals surface area contributed by atoms with Crippen LogP contribution in [0.15, 0.2) is 30.3 Å². The first kappa shape index (κ1) is 34.1. The summed E-state index contributed by atoms with van der Waals surface area (Å²) in [6, 6.07) is 8.28. The average molecular weight is 543 g/mol. The minimum absolute atomic E-state index is 0.00801. The fourth-order valence-electron chi connectivity index (χ4n) is 3.02. The molecule has 1 rings (SSSR count).